The topological polar surface area (TPSA) is 75.6 Å². The second-order valence-electron chi connectivity index (χ2n) is 3.98. The summed E-state index contributed by atoms with van der Waals surface area (Å²) >= 11 is 0. The summed E-state index contributed by atoms with van der Waals surface area (Å²) in [6.45, 7) is 0. The molecule has 0 saturated carbocycles. The molecule has 1 unspecified atom stereocenters. The number of carboxylic acids is 1. The smallest absolute Gasteiger partial charge is 0.408 e. The predicted molar refractivity (Wildman–Crippen MR) is 59.6 cm³/mol. The van der Waals surface area contributed by atoms with E-state index >= 15 is 0 Å². The van der Waals surface area contributed by atoms with Crippen LogP contribution in [0.4, 0.5) is 4.79 Å². The van der Waals surface area contributed by atoms with Gasteiger partial charge < -0.3 is 15.2 Å². The highest BCUT2D eigenvalue weighted by Crippen LogP contribution is 2.37. The lowest BCUT2D eigenvalue weighted by molar-refractivity contribution is -0.145. The fraction of sp³-hybridized carbons (Fsp3) is 0.333. The van der Waals surface area contributed by atoms with Gasteiger partial charge in [-0.15, -0.1) is 0 Å². The van der Waals surface area contributed by atoms with Crippen molar-refractivity contribution < 1.29 is 19.4 Å². The number of aryl methyl sites for hydroxylation is 1. The maximum atomic E-state index is 11.5. The Morgan fingerprint density at radius 2 is 2.12 bits per heavy atom. The zero-order chi connectivity index (χ0) is 12.5. The Balaban J connectivity index is 2.44. The Morgan fingerprint density at radius 3 is 2.76 bits per heavy atom. The third kappa shape index (κ3) is 1.73. The van der Waals surface area contributed by atoms with Crippen LogP contribution in [0.1, 0.15) is 17.5 Å². The van der Waals surface area contributed by atoms with Crippen LogP contribution >= 0.6 is 0 Å². The standard InChI is InChI=1S/C12H13NO4/c1-17-11(16)13-12(10(14)15)7-6-8-4-2-3-5-9(8)12/h2-5H,6-7H2,1H3,(H,13,16)(H,14,15). The molecule has 0 aromatic heterocycles. The average Bonchev–Trinajstić information content (AvgIpc) is 2.70. The molecular formula is C12H13NO4. The quantitative estimate of drug-likeness (QED) is 0.809. The Hall–Kier alpha value is -2.04. The minimum Gasteiger partial charge on any atom is -0.479 e. The molecule has 1 aromatic carbocycles. The lowest BCUT2D eigenvalue weighted by Gasteiger charge is -2.26. The highest BCUT2D eigenvalue weighted by Gasteiger charge is 2.47. The van der Waals surface area contributed by atoms with Crippen molar-refractivity contribution in [2.24, 2.45) is 0 Å². The maximum Gasteiger partial charge on any atom is 0.408 e. The summed E-state index contributed by atoms with van der Waals surface area (Å²) in [5, 5.41) is 11.8. The zero-order valence-corrected chi connectivity index (χ0v) is 9.40. The first-order valence-corrected chi connectivity index (χ1v) is 5.28. The van der Waals surface area contributed by atoms with Gasteiger partial charge >= 0.3 is 12.1 Å². The summed E-state index contributed by atoms with van der Waals surface area (Å²) in [4.78, 5) is 22.8. The molecule has 90 valence electrons. The predicted octanol–water partition coefficient (Wildman–Crippen LogP) is 1.27. The number of alkyl carbamates (subject to hydrolysis) is 1. The van der Waals surface area contributed by atoms with Gasteiger partial charge in [-0.25, -0.2) is 9.59 Å². The van der Waals surface area contributed by atoms with E-state index in [4.69, 9.17) is 0 Å². The van der Waals surface area contributed by atoms with E-state index in [1.165, 1.54) is 7.11 Å². The summed E-state index contributed by atoms with van der Waals surface area (Å²) in [5.41, 5.74) is 0.230. The Labute approximate surface area is 98.4 Å². The molecule has 1 atom stereocenters. The van der Waals surface area contributed by atoms with E-state index in [-0.39, 0.29) is 0 Å². The van der Waals surface area contributed by atoms with Crippen LogP contribution in [0.5, 0.6) is 0 Å². The van der Waals surface area contributed by atoms with Gasteiger partial charge in [0.25, 0.3) is 0 Å². The molecule has 5 nitrogen and oxygen atoms in total. The summed E-state index contributed by atoms with van der Waals surface area (Å²) in [5.74, 6) is -1.06. The molecular weight excluding hydrogens is 222 g/mol. The van der Waals surface area contributed by atoms with Crippen molar-refractivity contribution in [2.45, 2.75) is 18.4 Å². The van der Waals surface area contributed by atoms with Crippen LogP contribution in [0, 0.1) is 0 Å². The van der Waals surface area contributed by atoms with E-state index in [9.17, 15) is 14.7 Å². The van der Waals surface area contributed by atoms with Crippen molar-refractivity contribution in [2.75, 3.05) is 7.11 Å². The molecule has 5 heteroatoms. The summed E-state index contributed by atoms with van der Waals surface area (Å²) < 4.78 is 4.49. The number of carboxylic acid groups (broad SMARTS) is 1. The van der Waals surface area contributed by atoms with Gasteiger partial charge in [-0.3, -0.25) is 0 Å². The number of rotatable bonds is 2. The van der Waals surface area contributed by atoms with Crippen molar-refractivity contribution >= 4 is 12.1 Å². The molecule has 0 spiro atoms. The van der Waals surface area contributed by atoms with Gasteiger partial charge in [0.15, 0.2) is 5.54 Å². The highest BCUT2D eigenvalue weighted by atomic mass is 16.5. The first kappa shape index (κ1) is 11.4. The van der Waals surface area contributed by atoms with E-state index in [2.05, 4.69) is 10.1 Å². The van der Waals surface area contributed by atoms with E-state index in [1.54, 1.807) is 12.1 Å². The summed E-state index contributed by atoms with van der Waals surface area (Å²) in [7, 11) is 1.21. The second kappa shape index (κ2) is 4.08. The van der Waals surface area contributed by atoms with Crippen molar-refractivity contribution in [3.63, 3.8) is 0 Å². The van der Waals surface area contributed by atoms with Crippen LogP contribution in [0.15, 0.2) is 24.3 Å². The van der Waals surface area contributed by atoms with Crippen molar-refractivity contribution in [1.82, 2.24) is 5.32 Å². The largest absolute Gasteiger partial charge is 0.479 e. The van der Waals surface area contributed by atoms with Crippen molar-refractivity contribution in [3.05, 3.63) is 35.4 Å². The minimum atomic E-state index is -1.36. The van der Waals surface area contributed by atoms with Crippen LogP contribution in [0.2, 0.25) is 0 Å². The summed E-state index contributed by atoms with van der Waals surface area (Å²) in [6, 6.07) is 7.22. The first-order chi connectivity index (χ1) is 8.10. The molecule has 0 radical (unpaired) electrons. The molecule has 0 fully saturated rings. The van der Waals surface area contributed by atoms with Crippen LogP contribution < -0.4 is 5.32 Å². The number of aliphatic carboxylic acids is 1. The minimum absolute atomic E-state index is 0.344. The number of hydrogen-bond donors (Lipinski definition) is 2. The number of methoxy groups -OCH3 is 1. The van der Waals surface area contributed by atoms with Crippen molar-refractivity contribution in [3.8, 4) is 0 Å². The Kier molecular flexibility index (Phi) is 2.75. The fourth-order valence-corrected chi connectivity index (χ4v) is 2.24. The third-order valence-electron chi connectivity index (χ3n) is 3.11. The number of benzene rings is 1. The van der Waals surface area contributed by atoms with Gasteiger partial charge in [0.2, 0.25) is 0 Å². The van der Waals surface area contributed by atoms with Crippen LogP contribution in [0.3, 0.4) is 0 Å². The molecule has 0 heterocycles. The van der Waals surface area contributed by atoms with Crippen LogP contribution in [-0.2, 0) is 21.5 Å². The van der Waals surface area contributed by atoms with Gasteiger partial charge in [-0.05, 0) is 24.0 Å². The van der Waals surface area contributed by atoms with E-state index in [0.29, 0.717) is 18.4 Å². The van der Waals surface area contributed by atoms with E-state index in [0.717, 1.165) is 5.56 Å². The second-order valence-corrected chi connectivity index (χ2v) is 3.98. The SMILES string of the molecule is COC(=O)NC1(C(=O)O)CCc2ccccc21. The molecule has 0 bridgehead atoms. The van der Waals surface area contributed by atoms with Crippen molar-refractivity contribution in [1.29, 1.82) is 0 Å². The fourth-order valence-electron chi connectivity index (χ4n) is 2.24. The molecule has 0 saturated heterocycles. The molecule has 1 aliphatic carbocycles. The highest BCUT2D eigenvalue weighted by molar-refractivity contribution is 5.87. The number of fused-ring (bicyclic) bond motifs is 1. The summed E-state index contributed by atoms with van der Waals surface area (Å²) in [6.07, 6.45) is 0.243. The lowest BCUT2D eigenvalue weighted by Crippen LogP contribution is -2.50. The molecule has 0 aliphatic heterocycles. The molecule has 2 N–H and O–H groups in total. The molecule has 1 amide bonds. The average molecular weight is 235 g/mol. The molecule has 1 aromatic rings. The maximum absolute atomic E-state index is 11.5. The van der Waals surface area contributed by atoms with E-state index in [1.807, 2.05) is 12.1 Å². The molecule has 1 aliphatic rings. The third-order valence-corrected chi connectivity index (χ3v) is 3.11. The first-order valence-electron chi connectivity index (χ1n) is 5.28. The Bertz CT molecular complexity index is 471. The van der Waals surface area contributed by atoms with Gasteiger partial charge in [0, 0.05) is 0 Å². The zero-order valence-electron chi connectivity index (χ0n) is 9.40. The lowest BCUT2D eigenvalue weighted by atomic mass is 9.92. The van der Waals surface area contributed by atoms with Gasteiger partial charge in [-0.1, -0.05) is 24.3 Å². The van der Waals surface area contributed by atoms with Gasteiger partial charge in [-0.2, -0.15) is 0 Å². The number of carbonyl (C=O) groups is 2. The van der Waals surface area contributed by atoms with Gasteiger partial charge in [0.1, 0.15) is 0 Å². The Morgan fingerprint density at radius 1 is 1.41 bits per heavy atom. The van der Waals surface area contributed by atoms with Crippen LogP contribution in [-0.4, -0.2) is 24.3 Å². The number of hydrogen-bond acceptors (Lipinski definition) is 3. The monoisotopic (exact) mass is 235 g/mol. The number of carbonyl (C=O) groups excluding carboxylic acids is 1. The van der Waals surface area contributed by atoms with Crippen LogP contribution in [0.25, 0.3) is 0 Å². The molecule has 2 rings (SSSR count). The van der Waals surface area contributed by atoms with Gasteiger partial charge in [0.05, 0.1) is 7.11 Å². The number of nitrogens with one attached hydrogen (secondary N) is 1. The van der Waals surface area contributed by atoms with E-state index < -0.39 is 17.6 Å². The number of amides is 1. The molecule has 17 heavy (non-hydrogen) atoms. The normalized spacial score (nSPS) is 21.7. The number of ether oxygens (including phenoxy) is 1.